The third-order valence-electron chi connectivity index (χ3n) is 5.28. The van der Waals surface area contributed by atoms with E-state index in [-0.39, 0.29) is 0 Å². The van der Waals surface area contributed by atoms with Gasteiger partial charge in [0.2, 0.25) is 5.91 Å². The molecule has 2 saturated carbocycles. The summed E-state index contributed by atoms with van der Waals surface area (Å²) in [6.45, 7) is 1.82. The fourth-order valence-electron chi connectivity index (χ4n) is 4.21. The Kier molecular flexibility index (Phi) is 2.94. The number of rotatable bonds is 1. The van der Waals surface area contributed by atoms with Gasteiger partial charge in [0, 0.05) is 19.0 Å². The maximum atomic E-state index is 12.9. The summed E-state index contributed by atoms with van der Waals surface area (Å²) >= 11 is 0. The number of amides is 1. The van der Waals surface area contributed by atoms with Gasteiger partial charge >= 0.3 is 0 Å². The number of carbonyl (C=O) groups is 1. The molecule has 0 radical (unpaired) electrons. The lowest BCUT2D eigenvalue weighted by Crippen LogP contribution is -2.33. The van der Waals surface area contributed by atoms with Gasteiger partial charge in [-0.3, -0.25) is 4.79 Å². The Balaban J connectivity index is 1.60. The zero-order valence-corrected chi connectivity index (χ0v) is 11.8. The topological polar surface area (TPSA) is 32.3 Å². The highest BCUT2D eigenvalue weighted by Gasteiger charge is 2.56. The number of benzene rings is 1. The van der Waals surface area contributed by atoms with Gasteiger partial charge in [-0.05, 0) is 43.2 Å². The summed E-state index contributed by atoms with van der Waals surface area (Å²) < 4.78 is 0. The number of nitrogens with zero attached hydrogens (tertiary/aromatic N) is 1. The van der Waals surface area contributed by atoms with Crippen molar-refractivity contribution in [2.75, 3.05) is 23.3 Å². The summed E-state index contributed by atoms with van der Waals surface area (Å²) in [7, 11) is 0. The van der Waals surface area contributed by atoms with Gasteiger partial charge in [-0.1, -0.05) is 25.0 Å². The predicted octanol–water partition coefficient (Wildman–Crippen LogP) is 3.27. The number of nitrogens with one attached hydrogen (secondary N) is 1. The Morgan fingerprint density at radius 2 is 1.85 bits per heavy atom. The van der Waals surface area contributed by atoms with Gasteiger partial charge in [0.05, 0.1) is 11.4 Å². The zero-order valence-electron chi connectivity index (χ0n) is 11.8. The first-order chi connectivity index (χ1) is 9.86. The van der Waals surface area contributed by atoms with Crippen LogP contribution in [-0.4, -0.2) is 19.0 Å². The Bertz CT molecular complexity index is 515. The molecule has 3 nitrogen and oxygen atoms in total. The Hall–Kier alpha value is -1.51. The Morgan fingerprint density at radius 1 is 1.10 bits per heavy atom. The monoisotopic (exact) mass is 270 g/mol. The summed E-state index contributed by atoms with van der Waals surface area (Å²) in [5.41, 5.74) is 2.20. The smallest absolute Gasteiger partial charge is 0.230 e. The van der Waals surface area contributed by atoms with Crippen LogP contribution in [0, 0.1) is 17.8 Å². The fourth-order valence-corrected chi connectivity index (χ4v) is 4.21. The van der Waals surface area contributed by atoms with Crippen LogP contribution in [0.25, 0.3) is 0 Å². The van der Waals surface area contributed by atoms with Crippen molar-refractivity contribution in [2.24, 2.45) is 17.8 Å². The highest BCUT2D eigenvalue weighted by Crippen LogP contribution is 2.56. The molecule has 2 fully saturated rings. The van der Waals surface area contributed by atoms with E-state index in [9.17, 15) is 4.79 Å². The van der Waals surface area contributed by atoms with Gasteiger partial charge in [-0.15, -0.1) is 0 Å². The van der Waals surface area contributed by atoms with Crippen molar-refractivity contribution in [2.45, 2.75) is 32.1 Å². The van der Waals surface area contributed by atoms with Gasteiger partial charge in [-0.25, -0.2) is 0 Å². The Labute approximate surface area is 120 Å². The van der Waals surface area contributed by atoms with Crippen LogP contribution in [0.3, 0.4) is 0 Å². The minimum atomic E-state index is 0.323. The second-order valence-electron chi connectivity index (χ2n) is 6.43. The Morgan fingerprint density at radius 3 is 2.65 bits per heavy atom. The molecule has 0 spiro atoms. The summed E-state index contributed by atoms with van der Waals surface area (Å²) in [4.78, 5) is 15.0. The molecule has 3 heteroatoms. The second kappa shape index (κ2) is 4.80. The van der Waals surface area contributed by atoms with Crippen LogP contribution in [0.15, 0.2) is 24.3 Å². The molecular weight excluding hydrogens is 248 g/mol. The number of hydrogen-bond donors (Lipinski definition) is 1. The molecule has 2 atom stereocenters. The van der Waals surface area contributed by atoms with Crippen molar-refractivity contribution in [1.29, 1.82) is 0 Å². The van der Waals surface area contributed by atoms with Crippen LogP contribution in [0.5, 0.6) is 0 Å². The number of para-hydroxylation sites is 2. The molecule has 1 aromatic carbocycles. The van der Waals surface area contributed by atoms with Crippen LogP contribution in [-0.2, 0) is 4.79 Å². The van der Waals surface area contributed by atoms with Crippen LogP contribution in [0.4, 0.5) is 11.4 Å². The molecule has 1 amide bonds. The van der Waals surface area contributed by atoms with Crippen molar-refractivity contribution < 1.29 is 4.79 Å². The molecule has 4 rings (SSSR count). The normalized spacial score (nSPS) is 31.6. The molecule has 0 saturated heterocycles. The molecule has 20 heavy (non-hydrogen) atoms. The lowest BCUT2D eigenvalue weighted by Gasteiger charge is -2.22. The third kappa shape index (κ3) is 1.91. The molecule has 1 aliphatic heterocycles. The molecule has 1 heterocycles. The molecule has 0 aromatic heterocycles. The minimum absolute atomic E-state index is 0.323. The average Bonchev–Trinajstić information content (AvgIpc) is 3.25. The second-order valence-corrected chi connectivity index (χ2v) is 6.43. The number of carbonyl (C=O) groups excluding carboxylic acids is 1. The fraction of sp³-hybridized carbons (Fsp3) is 0.588. The van der Waals surface area contributed by atoms with Crippen molar-refractivity contribution in [3.63, 3.8) is 0 Å². The molecule has 0 bridgehead atoms. The van der Waals surface area contributed by atoms with Crippen LogP contribution in [0.2, 0.25) is 0 Å². The highest BCUT2D eigenvalue weighted by molar-refractivity contribution is 6.00. The largest absolute Gasteiger partial charge is 0.383 e. The van der Waals surface area contributed by atoms with E-state index in [0.29, 0.717) is 23.7 Å². The molecule has 2 unspecified atom stereocenters. The summed E-state index contributed by atoms with van der Waals surface area (Å²) in [5, 5.41) is 3.44. The van der Waals surface area contributed by atoms with E-state index in [4.69, 9.17) is 0 Å². The number of anilines is 2. The van der Waals surface area contributed by atoms with Gasteiger partial charge in [0.25, 0.3) is 0 Å². The van der Waals surface area contributed by atoms with Crippen molar-refractivity contribution >= 4 is 17.3 Å². The first-order valence-corrected chi connectivity index (χ1v) is 8.00. The van der Waals surface area contributed by atoms with E-state index < -0.39 is 0 Å². The van der Waals surface area contributed by atoms with Crippen LogP contribution >= 0.6 is 0 Å². The average molecular weight is 270 g/mol. The standard InChI is InChI=1S/C17H22N2O/c20-17(16-12-6-1-2-7-13(12)16)19-11-5-10-18-14-8-3-4-9-15(14)19/h3-4,8-9,12-13,16,18H,1-2,5-7,10-11H2. The molecule has 3 aliphatic rings. The number of fused-ring (bicyclic) bond motifs is 2. The van der Waals surface area contributed by atoms with Crippen molar-refractivity contribution in [1.82, 2.24) is 0 Å². The van der Waals surface area contributed by atoms with E-state index in [0.717, 1.165) is 30.9 Å². The molecule has 1 aromatic rings. The molecule has 1 N–H and O–H groups in total. The predicted molar refractivity (Wildman–Crippen MR) is 80.8 cm³/mol. The quantitative estimate of drug-likeness (QED) is 0.849. The third-order valence-corrected chi connectivity index (χ3v) is 5.28. The van der Waals surface area contributed by atoms with Crippen molar-refractivity contribution in [3.8, 4) is 0 Å². The van der Waals surface area contributed by atoms with E-state index in [1.54, 1.807) is 0 Å². The van der Waals surface area contributed by atoms with Crippen LogP contribution in [0.1, 0.15) is 32.1 Å². The molecule has 106 valence electrons. The van der Waals surface area contributed by atoms with Gasteiger partial charge in [0.1, 0.15) is 0 Å². The van der Waals surface area contributed by atoms with Crippen LogP contribution < -0.4 is 10.2 Å². The molecular formula is C17H22N2O. The van der Waals surface area contributed by atoms with Gasteiger partial charge < -0.3 is 10.2 Å². The summed E-state index contributed by atoms with van der Waals surface area (Å²) in [6.07, 6.45) is 6.22. The maximum Gasteiger partial charge on any atom is 0.230 e. The first kappa shape index (κ1) is 12.2. The SMILES string of the molecule is O=C(C1C2CCCCC21)N1CCCNc2ccccc21. The lowest BCUT2D eigenvalue weighted by molar-refractivity contribution is -0.120. The minimum Gasteiger partial charge on any atom is -0.383 e. The molecule has 2 aliphatic carbocycles. The van der Waals surface area contributed by atoms with Gasteiger partial charge in [0.15, 0.2) is 0 Å². The van der Waals surface area contributed by atoms with Crippen molar-refractivity contribution in [3.05, 3.63) is 24.3 Å². The maximum absolute atomic E-state index is 12.9. The van der Waals surface area contributed by atoms with E-state index in [2.05, 4.69) is 22.3 Å². The van der Waals surface area contributed by atoms with Gasteiger partial charge in [-0.2, -0.15) is 0 Å². The van der Waals surface area contributed by atoms with E-state index >= 15 is 0 Å². The highest BCUT2D eigenvalue weighted by atomic mass is 16.2. The van der Waals surface area contributed by atoms with E-state index in [1.165, 1.54) is 25.7 Å². The lowest BCUT2D eigenvalue weighted by atomic mass is 10.0. The zero-order chi connectivity index (χ0) is 13.5. The first-order valence-electron chi connectivity index (χ1n) is 8.00. The number of hydrogen-bond acceptors (Lipinski definition) is 2. The summed E-state index contributed by atoms with van der Waals surface area (Å²) in [6, 6.07) is 8.24. The van der Waals surface area contributed by atoms with E-state index in [1.807, 2.05) is 12.1 Å². The summed E-state index contributed by atoms with van der Waals surface area (Å²) in [5.74, 6) is 2.10.